The number of anilines is 1. The van der Waals surface area contributed by atoms with Crippen molar-refractivity contribution in [2.24, 2.45) is 5.92 Å². The van der Waals surface area contributed by atoms with Gasteiger partial charge in [0.25, 0.3) is 0 Å². The number of nitriles is 1. The van der Waals surface area contributed by atoms with Crippen molar-refractivity contribution < 1.29 is 14.6 Å². The molecule has 1 amide bonds. The lowest BCUT2D eigenvalue weighted by molar-refractivity contribution is -0.131. The molecule has 0 aliphatic carbocycles. The molecule has 0 saturated carbocycles. The first-order chi connectivity index (χ1) is 17.4. The number of aromatic nitrogens is 3. The molecule has 4 heterocycles. The van der Waals surface area contributed by atoms with Crippen LogP contribution in [0.3, 0.4) is 0 Å². The molecule has 3 aromatic heterocycles. The van der Waals surface area contributed by atoms with Crippen LogP contribution in [0.2, 0.25) is 0 Å². The van der Waals surface area contributed by atoms with Gasteiger partial charge in [0.05, 0.1) is 29.6 Å². The lowest BCUT2D eigenvalue weighted by atomic mass is 10.1. The summed E-state index contributed by atoms with van der Waals surface area (Å²) in [6.07, 6.45) is 6.62. The smallest absolute Gasteiger partial charge is 0.222 e. The SMILES string of the molecule is CC[C@H](O)COc1cc(-c2ccc(N3CCN(C(=O)CCC(C)C)CC3)nc2)c2c(C#N)cnn2c1. The molecule has 0 radical (unpaired) electrons. The molecule has 190 valence electrons. The van der Waals surface area contributed by atoms with Gasteiger partial charge < -0.3 is 19.6 Å². The number of carbonyl (C=O) groups excluding carboxylic acids is 1. The second-order valence-corrected chi connectivity index (χ2v) is 9.63. The Hall–Kier alpha value is -3.64. The predicted molar refractivity (Wildman–Crippen MR) is 138 cm³/mol. The Morgan fingerprint density at radius 3 is 2.64 bits per heavy atom. The third-order valence-electron chi connectivity index (χ3n) is 6.57. The van der Waals surface area contributed by atoms with E-state index in [2.05, 4.69) is 29.9 Å². The molecule has 0 aromatic carbocycles. The van der Waals surface area contributed by atoms with Crippen molar-refractivity contribution in [3.05, 3.63) is 42.4 Å². The van der Waals surface area contributed by atoms with Gasteiger partial charge in [-0.15, -0.1) is 0 Å². The van der Waals surface area contributed by atoms with Gasteiger partial charge in [-0.2, -0.15) is 10.4 Å². The Bertz CT molecular complexity index is 1220. The van der Waals surface area contributed by atoms with Crippen molar-refractivity contribution in [2.45, 2.75) is 46.1 Å². The van der Waals surface area contributed by atoms with E-state index in [0.717, 1.165) is 36.5 Å². The number of hydrogen-bond donors (Lipinski definition) is 1. The zero-order chi connectivity index (χ0) is 25.7. The van der Waals surface area contributed by atoms with Crippen molar-refractivity contribution in [2.75, 3.05) is 37.7 Å². The number of amides is 1. The van der Waals surface area contributed by atoms with Gasteiger partial charge in [0, 0.05) is 49.9 Å². The van der Waals surface area contributed by atoms with Crippen molar-refractivity contribution in [3.63, 3.8) is 0 Å². The van der Waals surface area contributed by atoms with Crippen molar-refractivity contribution >= 4 is 17.2 Å². The quantitative estimate of drug-likeness (QED) is 0.489. The number of hydrogen-bond acceptors (Lipinski definition) is 7. The molecule has 9 heteroatoms. The zero-order valence-corrected chi connectivity index (χ0v) is 21.2. The Labute approximate surface area is 211 Å². The highest BCUT2D eigenvalue weighted by Crippen LogP contribution is 2.31. The molecule has 0 unspecified atom stereocenters. The number of aliphatic hydroxyl groups is 1. The lowest BCUT2D eigenvalue weighted by Gasteiger charge is -2.35. The van der Waals surface area contributed by atoms with Crippen molar-refractivity contribution in [1.82, 2.24) is 19.5 Å². The van der Waals surface area contributed by atoms with E-state index < -0.39 is 6.10 Å². The number of carbonyl (C=O) groups is 1. The maximum absolute atomic E-state index is 12.5. The summed E-state index contributed by atoms with van der Waals surface area (Å²) in [5.74, 6) is 2.18. The first kappa shape index (κ1) is 25.5. The highest BCUT2D eigenvalue weighted by molar-refractivity contribution is 5.85. The Morgan fingerprint density at radius 2 is 2.00 bits per heavy atom. The Morgan fingerprint density at radius 1 is 1.22 bits per heavy atom. The van der Waals surface area contributed by atoms with Gasteiger partial charge in [-0.3, -0.25) is 4.79 Å². The summed E-state index contributed by atoms with van der Waals surface area (Å²) in [5, 5.41) is 23.8. The molecule has 3 aromatic rings. The van der Waals surface area contributed by atoms with E-state index in [0.29, 0.717) is 48.7 Å². The lowest BCUT2D eigenvalue weighted by Crippen LogP contribution is -2.49. The Balaban J connectivity index is 1.51. The largest absolute Gasteiger partial charge is 0.489 e. The number of fused-ring (bicyclic) bond motifs is 1. The molecule has 1 N–H and O–H groups in total. The van der Waals surface area contributed by atoms with Gasteiger partial charge in [-0.1, -0.05) is 20.8 Å². The third kappa shape index (κ3) is 5.77. The Kier molecular flexibility index (Phi) is 8.06. The average molecular weight is 491 g/mol. The van der Waals surface area contributed by atoms with Gasteiger partial charge in [-0.25, -0.2) is 9.50 Å². The zero-order valence-electron chi connectivity index (χ0n) is 21.2. The van der Waals surface area contributed by atoms with Crippen LogP contribution in [0, 0.1) is 17.2 Å². The molecule has 1 fully saturated rings. The molecule has 4 rings (SSSR count). The molecule has 0 bridgehead atoms. The monoisotopic (exact) mass is 490 g/mol. The number of piperazine rings is 1. The highest BCUT2D eigenvalue weighted by atomic mass is 16.5. The normalized spacial score (nSPS) is 14.8. The van der Waals surface area contributed by atoms with Crippen LogP contribution in [-0.2, 0) is 4.79 Å². The van der Waals surface area contributed by atoms with Crippen LogP contribution in [0.25, 0.3) is 16.6 Å². The molecular weight excluding hydrogens is 456 g/mol. The molecule has 0 spiro atoms. The molecular formula is C27H34N6O3. The van der Waals surface area contributed by atoms with Gasteiger partial charge >= 0.3 is 0 Å². The van der Waals surface area contributed by atoms with Crippen LogP contribution < -0.4 is 9.64 Å². The van der Waals surface area contributed by atoms with Crippen molar-refractivity contribution in [3.8, 4) is 22.9 Å². The second-order valence-electron chi connectivity index (χ2n) is 9.63. The van der Waals surface area contributed by atoms with E-state index in [-0.39, 0.29) is 12.5 Å². The number of nitrogens with zero attached hydrogens (tertiary/aromatic N) is 6. The first-order valence-corrected chi connectivity index (χ1v) is 12.6. The fourth-order valence-corrected chi connectivity index (χ4v) is 4.28. The third-order valence-corrected chi connectivity index (χ3v) is 6.57. The molecule has 1 aliphatic rings. The summed E-state index contributed by atoms with van der Waals surface area (Å²) in [6.45, 7) is 9.24. The summed E-state index contributed by atoms with van der Waals surface area (Å²) in [5.41, 5.74) is 2.77. The first-order valence-electron chi connectivity index (χ1n) is 12.6. The number of pyridine rings is 2. The molecule has 1 aliphatic heterocycles. The molecule has 1 saturated heterocycles. The maximum Gasteiger partial charge on any atom is 0.222 e. The standard InChI is InChI=1S/C27H34N6O3/c1-4-22(34)18-36-23-13-24(27-21(14-28)16-30-33(27)17-23)20-6-7-25(29-15-20)31-9-11-32(12-10-31)26(35)8-5-19(2)3/h6-7,13,15-17,19,22,34H,4-5,8-12,18H2,1-3H3/t22-/m0/s1. The minimum absolute atomic E-state index is 0.178. The van der Waals surface area contributed by atoms with Crippen LogP contribution >= 0.6 is 0 Å². The number of ether oxygens (including phenoxy) is 1. The van der Waals surface area contributed by atoms with E-state index in [9.17, 15) is 15.2 Å². The minimum atomic E-state index is -0.552. The summed E-state index contributed by atoms with van der Waals surface area (Å²) in [6, 6.07) is 8.02. The van der Waals surface area contributed by atoms with Gasteiger partial charge in [-0.05, 0) is 37.0 Å². The van der Waals surface area contributed by atoms with E-state index in [1.165, 1.54) is 6.20 Å². The number of aliphatic hydroxyl groups excluding tert-OH is 1. The van der Waals surface area contributed by atoms with Crippen LogP contribution in [0.5, 0.6) is 5.75 Å². The minimum Gasteiger partial charge on any atom is -0.489 e. The van der Waals surface area contributed by atoms with Crippen LogP contribution in [0.15, 0.2) is 36.8 Å². The van der Waals surface area contributed by atoms with Crippen LogP contribution in [0.4, 0.5) is 5.82 Å². The van der Waals surface area contributed by atoms with E-state index in [1.807, 2.05) is 30.0 Å². The summed E-state index contributed by atoms with van der Waals surface area (Å²) < 4.78 is 7.43. The fourth-order valence-electron chi connectivity index (χ4n) is 4.28. The van der Waals surface area contributed by atoms with E-state index in [4.69, 9.17) is 9.72 Å². The van der Waals surface area contributed by atoms with Gasteiger partial charge in [0.2, 0.25) is 5.91 Å². The van der Waals surface area contributed by atoms with Crippen LogP contribution in [0.1, 0.15) is 45.6 Å². The maximum atomic E-state index is 12.5. The van der Waals surface area contributed by atoms with Gasteiger partial charge in [0.1, 0.15) is 24.2 Å². The summed E-state index contributed by atoms with van der Waals surface area (Å²) in [7, 11) is 0. The summed E-state index contributed by atoms with van der Waals surface area (Å²) >= 11 is 0. The molecule has 9 nitrogen and oxygen atoms in total. The fraction of sp³-hybridized carbons (Fsp3) is 0.481. The summed E-state index contributed by atoms with van der Waals surface area (Å²) in [4.78, 5) is 21.3. The average Bonchev–Trinajstić information content (AvgIpc) is 3.33. The number of rotatable bonds is 9. The second kappa shape index (κ2) is 11.4. The highest BCUT2D eigenvalue weighted by Gasteiger charge is 2.22. The topological polar surface area (TPSA) is 107 Å². The van der Waals surface area contributed by atoms with Crippen molar-refractivity contribution in [1.29, 1.82) is 5.26 Å². The molecule has 36 heavy (non-hydrogen) atoms. The predicted octanol–water partition coefficient (Wildman–Crippen LogP) is 3.50. The van der Waals surface area contributed by atoms with Gasteiger partial charge in [0.15, 0.2) is 0 Å². The van der Waals surface area contributed by atoms with E-state index >= 15 is 0 Å². The van der Waals surface area contributed by atoms with E-state index in [1.54, 1.807) is 16.9 Å². The van der Waals surface area contributed by atoms with Crippen LogP contribution in [-0.4, -0.2) is 69.4 Å². The molecule has 1 atom stereocenters.